The predicted molar refractivity (Wildman–Crippen MR) is 66.4 cm³/mol. The normalized spacial score (nSPS) is 10.9. The van der Waals surface area contributed by atoms with E-state index in [1.807, 2.05) is 18.2 Å². The molecule has 2 rings (SSSR count). The van der Waals surface area contributed by atoms with E-state index in [9.17, 15) is 4.79 Å². The van der Waals surface area contributed by atoms with E-state index in [0.29, 0.717) is 11.1 Å². The van der Waals surface area contributed by atoms with Gasteiger partial charge in [-0.3, -0.25) is 4.79 Å². The lowest BCUT2D eigenvalue weighted by atomic mass is 10.1. The third-order valence-electron chi connectivity index (χ3n) is 2.49. The summed E-state index contributed by atoms with van der Waals surface area (Å²) in [5.41, 5.74) is 1.13. The van der Waals surface area contributed by atoms with Gasteiger partial charge in [0, 0.05) is 11.8 Å². The topological polar surface area (TPSA) is 58.1 Å². The molecule has 18 heavy (non-hydrogen) atoms. The quantitative estimate of drug-likeness (QED) is 0.603. The fourth-order valence-corrected chi connectivity index (χ4v) is 1.62. The minimum Gasteiger partial charge on any atom is -0.325 e. The summed E-state index contributed by atoms with van der Waals surface area (Å²) in [4.78, 5) is 15.7. The molecule has 0 fully saturated rings. The van der Waals surface area contributed by atoms with Gasteiger partial charge in [0.25, 0.3) is 0 Å². The van der Waals surface area contributed by atoms with Crippen molar-refractivity contribution in [3.63, 3.8) is 0 Å². The smallest absolute Gasteiger partial charge is 0.207 e. The average Bonchev–Trinajstić information content (AvgIpc) is 2.42. The largest absolute Gasteiger partial charge is 0.325 e. The van der Waals surface area contributed by atoms with Crippen LogP contribution in [0.3, 0.4) is 0 Å². The number of Topliss-reactive ketones (excluding diaryl/α,β-unsaturated/α-hetero) is 1. The van der Waals surface area contributed by atoms with Crippen molar-refractivity contribution < 1.29 is 4.79 Å². The molecule has 0 aliphatic rings. The standard InChI is InChI=1S/C14H11N3O/c15-11-16-14-8-4-5-9-17(14)10-13(18)12-6-2-1-3-7-12/h1-9H,10H2. The van der Waals surface area contributed by atoms with Gasteiger partial charge in [0.05, 0.1) is 6.54 Å². The first-order valence-corrected chi connectivity index (χ1v) is 5.48. The maximum atomic E-state index is 12.0. The molecule has 0 aliphatic carbocycles. The van der Waals surface area contributed by atoms with E-state index in [4.69, 9.17) is 5.26 Å². The van der Waals surface area contributed by atoms with Crippen LogP contribution in [0.25, 0.3) is 0 Å². The van der Waals surface area contributed by atoms with Crippen molar-refractivity contribution in [2.24, 2.45) is 4.99 Å². The summed E-state index contributed by atoms with van der Waals surface area (Å²) in [5.74, 6) is -0.0128. The minimum absolute atomic E-state index is 0.0128. The molecule has 0 bridgehead atoms. The van der Waals surface area contributed by atoms with Gasteiger partial charge in [0.1, 0.15) is 5.49 Å². The zero-order valence-corrected chi connectivity index (χ0v) is 9.65. The fraction of sp³-hybridized carbons (Fsp3) is 0.0714. The van der Waals surface area contributed by atoms with Gasteiger partial charge < -0.3 is 4.57 Å². The maximum Gasteiger partial charge on any atom is 0.207 e. The zero-order chi connectivity index (χ0) is 12.8. The van der Waals surface area contributed by atoms with E-state index < -0.39 is 0 Å². The number of aromatic nitrogens is 1. The molecule has 0 amide bonds. The molecule has 88 valence electrons. The van der Waals surface area contributed by atoms with Gasteiger partial charge in [-0.1, -0.05) is 36.4 Å². The highest BCUT2D eigenvalue weighted by atomic mass is 16.1. The lowest BCUT2D eigenvalue weighted by molar-refractivity contribution is 0.0970. The van der Waals surface area contributed by atoms with Crippen LogP contribution < -0.4 is 5.49 Å². The summed E-state index contributed by atoms with van der Waals surface area (Å²) in [6.07, 6.45) is 3.46. The van der Waals surface area contributed by atoms with Gasteiger partial charge in [-0.05, 0) is 12.1 Å². The molecule has 1 heterocycles. The molecule has 0 aliphatic heterocycles. The molecule has 2 aromatic rings. The van der Waals surface area contributed by atoms with Crippen LogP contribution in [-0.4, -0.2) is 10.4 Å². The number of nitriles is 1. The average molecular weight is 237 g/mol. The van der Waals surface area contributed by atoms with Crippen LogP contribution in [0.15, 0.2) is 59.7 Å². The minimum atomic E-state index is -0.0128. The summed E-state index contributed by atoms with van der Waals surface area (Å²) < 4.78 is 1.65. The predicted octanol–water partition coefficient (Wildman–Crippen LogP) is 1.75. The van der Waals surface area contributed by atoms with Gasteiger partial charge in [0.2, 0.25) is 6.19 Å². The summed E-state index contributed by atoms with van der Waals surface area (Å²) in [5, 5.41) is 8.58. The number of hydrogen-bond donors (Lipinski definition) is 0. The van der Waals surface area contributed by atoms with E-state index in [2.05, 4.69) is 4.99 Å². The van der Waals surface area contributed by atoms with Crippen LogP contribution in [-0.2, 0) is 6.54 Å². The fourth-order valence-electron chi connectivity index (χ4n) is 1.62. The Kier molecular flexibility index (Phi) is 3.67. The Morgan fingerprint density at radius 2 is 1.89 bits per heavy atom. The Bertz CT molecular complexity index is 650. The van der Waals surface area contributed by atoms with E-state index in [1.54, 1.807) is 47.3 Å². The highest BCUT2D eigenvalue weighted by Crippen LogP contribution is 2.01. The summed E-state index contributed by atoms with van der Waals surface area (Å²) in [7, 11) is 0. The second-order valence-electron chi connectivity index (χ2n) is 3.69. The van der Waals surface area contributed by atoms with Crippen LogP contribution in [0.5, 0.6) is 0 Å². The van der Waals surface area contributed by atoms with E-state index >= 15 is 0 Å². The highest BCUT2D eigenvalue weighted by Gasteiger charge is 2.05. The van der Waals surface area contributed by atoms with Crippen molar-refractivity contribution in [3.8, 4) is 6.19 Å². The van der Waals surface area contributed by atoms with Gasteiger partial charge >= 0.3 is 0 Å². The number of carbonyl (C=O) groups excluding carboxylic acids is 1. The highest BCUT2D eigenvalue weighted by molar-refractivity contribution is 5.95. The Hall–Kier alpha value is -2.67. The first-order valence-electron chi connectivity index (χ1n) is 5.48. The molecule has 0 atom stereocenters. The maximum absolute atomic E-state index is 12.0. The molecular formula is C14H11N3O. The number of rotatable bonds is 3. The lowest BCUT2D eigenvalue weighted by Gasteiger charge is -2.05. The molecule has 0 saturated carbocycles. The van der Waals surface area contributed by atoms with Gasteiger partial charge in [-0.2, -0.15) is 10.3 Å². The van der Waals surface area contributed by atoms with E-state index in [-0.39, 0.29) is 12.3 Å². The zero-order valence-electron chi connectivity index (χ0n) is 9.65. The van der Waals surface area contributed by atoms with Crippen LogP contribution in [0.4, 0.5) is 0 Å². The molecule has 0 saturated heterocycles. The van der Waals surface area contributed by atoms with Crippen molar-refractivity contribution in [1.82, 2.24) is 4.57 Å². The molecule has 4 heteroatoms. The summed E-state index contributed by atoms with van der Waals surface area (Å²) >= 11 is 0. The Morgan fingerprint density at radius 1 is 1.17 bits per heavy atom. The second-order valence-corrected chi connectivity index (χ2v) is 3.69. The number of hydrogen-bond acceptors (Lipinski definition) is 3. The van der Waals surface area contributed by atoms with Crippen LogP contribution >= 0.6 is 0 Å². The van der Waals surface area contributed by atoms with Crippen LogP contribution in [0, 0.1) is 11.5 Å². The Labute approximate surface area is 104 Å². The van der Waals surface area contributed by atoms with Crippen molar-refractivity contribution in [2.45, 2.75) is 6.54 Å². The summed E-state index contributed by atoms with van der Waals surface area (Å²) in [6, 6.07) is 14.3. The molecule has 1 aromatic carbocycles. The van der Waals surface area contributed by atoms with Crippen molar-refractivity contribution in [2.75, 3.05) is 0 Å². The summed E-state index contributed by atoms with van der Waals surface area (Å²) in [6.45, 7) is 0.172. The van der Waals surface area contributed by atoms with Crippen molar-refractivity contribution in [1.29, 1.82) is 5.26 Å². The number of carbonyl (C=O) groups is 1. The van der Waals surface area contributed by atoms with Crippen LogP contribution in [0.1, 0.15) is 10.4 Å². The SMILES string of the molecule is N#CN=c1ccccn1CC(=O)c1ccccc1. The lowest BCUT2D eigenvalue weighted by Crippen LogP contribution is -2.23. The number of benzene rings is 1. The van der Waals surface area contributed by atoms with Gasteiger partial charge in [0.15, 0.2) is 5.78 Å². The molecule has 0 radical (unpaired) electrons. The Morgan fingerprint density at radius 3 is 2.61 bits per heavy atom. The number of ketones is 1. The van der Waals surface area contributed by atoms with Gasteiger partial charge in [-0.15, -0.1) is 0 Å². The molecule has 0 spiro atoms. The van der Waals surface area contributed by atoms with Crippen molar-refractivity contribution >= 4 is 5.78 Å². The molecule has 0 unspecified atom stereocenters. The first kappa shape index (κ1) is 11.8. The second kappa shape index (κ2) is 5.60. The molecule has 0 N–H and O–H groups in total. The Balaban J connectivity index is 2.29. The van der Waals surface area contributed by atoms with E-state index in [0.717, 1.165) is 0 Å². The molecule has 1 aromatic heterocycles. The van der Waals surface area contributed by atoms with Crippen molar-refractivity contribution in [3.05, 3.63) is 65.8 Å². The monoisotopic (exact) mass is 237 g/mol. The van der Waals surface area contributed by atoms with Gasteiger partial charge in [-0.25, -0.2) is 0 Å². The first-order chi connectivity index (χ1) is 8.81. The van der Waals surface area contributed by atoms with Crippen LogP contribution in [0.2, 0.25) is 0 Å². The third kappa shape index (κ3) is 2.71. The molecular weight excluding hydrogens is 226 g/mol. The van der Waals surface area contributed by atoms with E-state index in [1.165, 1.54) is 0 Å². The third-order valence-corrected chi connectivity index (χ3v) is 2.49. The number of nitrogens with zero attached hydrogens (tertiary/aromatic N) is 3. The number of pyridine rings is 1. The molecule has 4 nitrogen and oxygen atoms in total.